The van der Waals surface area contributed by atoms with Gasteiger partial charge in [-0.3, -0.25) is 4.98 Å². The van der Waals surface area contributed by atoms with E-state index >= 15 is 0 Å². The van der Waals surface area contributed by atoms with Gasteiger partial charge in [0, 0.05) is 25.0 Å². The zero-order valence-electron chi connectivity index (χ0n) is 17.4. The lowest BCUT2D eigenvalue weighted by Crippen LogP contribution is -2.31. The summed E-state index contributed by atoms with van der Waals surface area (Å²) < 4.78 is 74.4. The maximum atomic E-state index is 13.9. The second-order valence-corrected chi connectivity index (χ2v) is 9.41. The quantitative estimate of drug-likeness (QED) is 0.356. The standard InChI is InChI=1S/C22H16ClF3N4O3S/c1-30(34(31,32)18-11-5-2-8-15(18)23)20-21(29-17-10-4-3-9-16(17)28-20)33-19(22(24,25)26)14-7-6-12-27-13-14/h2-13,19H,1H3. The van der Waals surface area contributed by atoms with E-state index in [0.717, 1.165) is 13.2 Å². The summed E-state index contributed by atoms with van der Waals surface area (Å²) in [6, 6.07) is 14.5. The monoisotopic (exact) mass is 508 g/mol. The average Bonchev–Trinajstić information content (AvgIpc) is 2.81. The van der Waals surface area contributed by atoms with Gasteiger partial charge >= 0.3 is 6.18 Å². The van der Waals surface area contributed by atoms with Crippen molar-refractivity contribution in [3.8, 4) is 5.88 Å². The van der Waals surface area contributed by atoms with Crippen LogP contribution in [0.3, 0.4) is 0 Å². The van der Waals surface area contributed by atoms with Crippen molar-refractivity contribution < 1.29 is 26.3 Å². The Labute approximate surface area is 197 Å². The van der Waals surface area contributed by atoms with Crippen LogP contribution in [0.4, 0.5) is 19.0 Å². The van der Waals surface area contributed by atoms with Crippen molar-refractivity contribution in [2.24, 2.45) is 0 Å². The Morgan fingerprint density at radius 2 is 1.62 bits per heavy atom. The Kier molecular flexibility index (Phi) is 6.32. The Morgan fingerprint density at radius 1 is 0.971 bits per heavy atom. The Morgan fingerprint density at radius 3 is 2.24 bits per heavy atom. The summed E-state index contributed by atoms with van der Waals surface area (Å²) in [7, 11) is -3.19. The second-order valence-electron chi connectivity index (χ2n) is 7.07. The fourth-order valence-corrected chi connectivity index (χ4v) is 4.78. The SMILES string of the molecule is CN(c1nc2ccccc2nc1OC(c1cccnc1)C(F)(F)F)S(=O)(=O)c1ccccc1Cl. The van der Waals surface area contributed by atoms with Crippen LogP contribution in [0, 0.1) is 0 Å². The van der Waals surface area contributed by atoms with Gasteiger partial charge in [0.2, 0.25) is 11.9 Å². The van der Waals surface area contributed by atoms with E-state index in [1.54, 1.807) is 24.3 Å². The number of fused-ring (bicyclic) bond motifs is 1. The molecular formula is C22H16ClF3N4O3S. The van der Waals surface area contributed by atoms with Crippen molar-refractivity contribution in [3.63, 3.8) is 0 Å². The van der Waals surface area contributed by atoms with Gasteiger partial charge in [-0.1, -0.05) is 41.9 Å². The number of sulfonamides is 1. The van der Waals surface area contributed by atoms with Gasteiger partial charge in [0.25, 0.3) is 15.9 Å². The number of benzene rings is 2. The summed E-state index contributed by atoms with van der Waals surface area (Å²) in [6.07, 6.45) is -4.99. The van der Waals surface area contributed by atoms with E-state index in [-0.39, 0.29) is 26.5 Å². The van der Waals surface area contributed by atoms with Crippen LogP contribution in [-0.4, -0.2) is 36.6 Å². The molecule has 0 aliphatic rings. The highest BCUT2D eigenvalue weighted by atomic mass is 35.5. The third-order valence-corrected chi connectivity index (χ3v) is 7.06. The van der Waals surface area contributed by atoms with Crippen molar-refractivity contribution in [1.29, 1.82) is 0 Å². The summed E-state index contributed by atoms with van der Waals surface area (Å²) in [5.74, 6) is -1.06. The first-order valence-corrected chi connectivity index (χ1v) is 11.5. The molecule has 12 heteroatoms. The van der Waals surface area contributed by atoms with E-state index in [1.807, 2.05) is 0 Å². The van der Waals surface area contributed by atoms with Crippen LogP contribution in [0.2, 0.25) is 5.02 Å². The molecule has 1 atom stereocenters. The summed E-state index contributed by atoms with van der Waals surface area (Å²) in [4.78, 5) is 11.9. The molecule has 0 saturated carbocycles. The summed E-state index contributed by atoms with van der Waals surface area (Å²) in [5, 5.41) is -0.0610. The molecule has 0 aliphatic carbocycles. The smallest absolute Gasteiger partial charge is 0.429 e. The van der Waals surface area contributed by atoms with E-state index in [0.29, 0.717) is 4.31 Å². The number of rotatable bonds is 6. The maximum Gasteiger partial charge on any atom is 0.429 e. The number of nitrogens with zero attached hydrogens (tertiary/aromatic N) is 4. The molecule has 4 aromatic rings. The number of hydrogen-bond acceptors (Lipinski definition) is 6. The van der Waals surface area contributed by atoms with Gasteiger partial charge in [-0.05, 0) is 30.3 Å². The summed E-state index contributed by atoms with van der Waals surface area (Å²) in [6.45, 7) is 0. The predicted molar refractivity (Wildman–Crippen MR) is 120 cm³/mol. The maximum absolute atomic E-state index is 13.9. The van der Waals surface area contributed by atoms with Gasteiger partial charge in [0.05, 0.1) is 16.1 Å². The number of aromatic nitrogens is 3. The first-order chi connectivity index (χ1) is 16.1. The van der Waals surface area contributed by atoms with Crippen LogP contribution < -0.4 is 9.04 Å². The molecule has 0 spiro atoms. The fraction of sp³-hybridized carbons (Fsp3) is 0.136. The van der Waals surface area contributed by atoms with Crippen molar-refractivity contribution >= 4 is 38.5 Å². The van der Waals surface area contributed by atoms with Crippen molar-refractivity contribution in [1.82, 2.24) is 15.0 Å². The lowest BCUT2D eigenvalue weighted by molar-refractivity contribution is -0.198. The minimum absolute atomic E-state index is 0.0610. The number of alkyl halides is 3. The van der Waals surface area contributed by atoms with Gasteiger partial charge in [0.1, 0.15) is 4.90 Å². The van der Waals surface area contributed by atoms with Gasteiger partial charge in [0.15, 0.2) is 0 Å². The third kappa shape index (κ3) is 4.62. The van der Waals surface area contributed by atoms with E-state index in [4.69, 9.17) is 16.3 Å². The van der Waals surface area contributed by atoms with E-state index in [2.05, 4.69) is 15.0 Å². The molecule has 2 aromatic carbocycles. The number of hydrogen-bond donors (Lipinski definition) is 0. The minimum Gasteiger partial charge on any atom is -0.457 e. The molecule has 0 fully saturated rings. The molecule has 2 heterocycles. The van der Waals surface area contributed by atoms with Crippen LogP contribution in [0.5, 0.6) is 5.88 Å². The summed E-state index contributed by atoms with van der Waals surface area (Å²) in [5.41, 5.74) is 0.195. The van der Waals surface area contributed by atoms with Gasteiger partial charge in [-0.2, -0.15) is 13.2 Å². The average molecular weight is 509 g/mol. The lowest BCUT2D eigenvalue weighted by Gasteiger charge is -2.25. The highest BCUT2D eigenvalue weighted by Gasteiger charge is 2.44. The molecule has 1 unspecified atom stereocenters. The zero-order chi connectivity index (χ0) is 24.5. The molecule has 0 bridgehead atoms. The predicted octanol–water partition coefficient (Wildman–Crippen LogP) is 5.19. The molecule has 4 rings (SSSR count). The highest BCUT2D eigenvalue weighted by Crippen LogP contribution is 2.40. The first-order valence-electron chi connectivity index (χ1n) is 9.72. The van der Waals surface area contributed by atoms with Gasteiger partial charge in [-0.15, -0.1) is 0 Å². The van der Waals surface area contributed by atoms with Crippen molar-refractivity contribution in [2.45, 2.75) is 17.2 Å². The molecule has 0 N–H and O–H groups in total. The van der Waals surface area contributed by atoms with Crippen LogP contribution in [0.1, 0.15) is 11.7 Å². The van der Waals surface area contributed by atoms with E-state index < -0.39 is 34.0 Å². The second kappa shape index (κ2) is 9.07. The molecule has 0 saturated heterocycles. The van der Waals surface area contributed by atoms with Crippen LogP contribution >= 0.6 is 11.6 Å². The number of halogens is 4. The van der Waals surface area contributed by atoms with Crippen molar-refractivity contribution in [3.05, 3.63) is 83.6 Å². The highest BCUT2D eigenvalue weighted by molar-refractivity contribution is 7.93. The largest absolute Gasteiger partial charge is 0.457 e. The molecule has 0 amide bonds. The molecule has 7 nitrogen and oxygen atoms in total. The third-order valence-electron chi connectivity index (χ3n) is 4.81. The van der Waals surface area contributed by atoms with Gasteiger partial charge < -0.3 is 4.74 Å². The number of para-hydroxylation sites is 2. The zero-order valence-corrected chi connectivity index (χ0v) is 19.0. The van der Waals surface area contributed by atoms with E-state index in [1.165, 1.54) is 42.6 Å². The Bertz CT molecular complexity index is 1440. The topological polar surface area (TPSA) is 85.3 Å². The van der Waals surface area contributed by atoms with Crippen LogP contribution in [0.15, 0.2) is 78.0 Å². The normalized spacial score (nSPS) is 13.0. The van der Waals surface area contributed by atoms with Crippen LogP contribution in [0.25, 0.3) is 11.0 Å². The molecule has 176 valence electrons. The minimum atomic E-state index is -4.85. The molecule has 34 heavy (non-hydrogen) atoms. The van der Waals surface area contributed by atoms with Gasteiger partial charge in [-0.25, -0.2) is 22.7 Å². The first kappa shape index (κ1) is 23.7. The van der Waals surface area contributed by atoms with Crippen molar-refractivity contribution in [2.75, 3.05) is 11.4 Å². The molecule has 2 aromatic heterocycles. The number of pyridine rings is 1. The molecule has 0 aliphatic heterocycles. The lowest BCUT2D eigenvalue weighted by atomic mass is 10.1. The summed E-state index contributed by atoms with van der Waals surface area (Å²) >= 11 is 6.07. The Balaban J connectivity index is 1.88. The Hall–Kier alpha value is -3.44. The van der Waals surface area contributed by atoms with E-state index in [9.17, 15) is 21.6 Å². The van der Waals surface area contributed by atoms with Crippen LogP contribution in [-0.2, 0) is 10.0 Å². The number of ether oxygens (including phenoxy) is 1. The fourth-order valence-electron chi connectivity index (χ4n) is 3.14. The number of anilines is 1. The molecular weight excluding hydrogens is 493 g/mol. The molecule has 0 radical (unpaired) electrons.